The van der Waals surface area contributed by atoms with Crippen molar-refractivity contribution in [2.45, 2.75) is 208 Å². The lowest BCUT2D eigenvalue weighted by Crippen LogP contribution is -2.66. The van der Waals surface area contributed by atoms with Crippen molar-refractivity contribution in [3.63, 3.8) is 0 Å². The van der Waals surface area contributed by atoms with E-state index in [2.05, 4.69) is 92.5 Å². The van der Waals surface area contributed by atoms with E-state index in [1.165, 1.54) is 48.8 Å². The first-order valence-electron chi connectivity index (χ1n) is 32.8. The van der Waals surface area contributed by atoms with Gasteiger partial charge in [0, 0.05) is 61.3 Å². The number of rotatable bonds is 11. The lowest BCUT2D eigenvalue weighted by atomic mass is 9.52. The fraction of sp³-hybridized carbons (Fsp3) is 0.652. The molecule has 0 radical (unpaired) electrons. The minimum atomic E-state index is -2.20. The van der Waals surface area contributed by atoms with E-state index in [1.807, 2.05) is 38.5 Å². The molecule has 1 aromatic rings. The summed E-state index contributed by atoms with van der Waals surface area (Å²) < 4.78 is 14.3. The van der Waals surface area contributed by atoms with Crippen LogP contribution in [0.2, 0.25) is 0 Å². The van der Waals surface area contributed by atoms with Crippen molar-refractivity contribution in [3.8, 4) is 0 Å². The third-order valence-corrected chi connectivity index (χ3v) is 22.8. The zero-order valence-corrected chi connectivity index (χ0v) is 50.5. The van der Waals surface area contributed by atoms with Gasteiger partial charge in [-0.1, -0.05) is 99.3 Å². The summed E-state index contributed by atoms with van der Waals surface area (Å²) in [6.45, 7) is 6.78. The first-order chi connectivity index (χ1) is 40.7. The third-order valence-electron chi connectivity index (χ3n) is 22.8. The first-order valence-corrected chi connectivity index (χ1v) is 32.8. The van der Waals surface area contributed by atoms with E-state index < -0.39 is 46.2 Å². The number of ether oxygens (including phenoxy) is 2. The Morgan fingerprint density at radius 3 is 2.64 bits per heavy atom. The predicted molar refractivity (Wildman–Crippen MR) is 328 cm³/mol. The Bertz CT molecular complexity index is 3020. The van der Waals surface area contributed by atoms with Crippen molar-refractivity contribution in [1.82, 2.24) is 37.2 Å². The number of allylic oxidation sites excluding steroid dienone is 5. The van der Waals surface area contributed by atoms with Gasteiger partial charge in [-0.2, -0.15) is 0 Å². The van der Waals surface area contributed by atoms with Gasteiger partial charge in [0.2, 0.25) is 5.78 Å². The summed E-state index contributed by atoms with van der Waals surface area (Å²) in [6, 6.07) is 5.70. The molecule has 2 saturated heterocycles. The number of Topliss-reactive ketones (excluding diaryl/α,β-unsaturated/α-hetero) is 2. The van der Waals surface area contributed by atoms with Crippen molar-refractivity contribution in [1.29, 1.82) is 0 Å². The Balaban J connectivity index is 0.915. The summed E-state index contributed by atoms with van der Waals surface area (Å²) in [7, 11) is 3.80. The molecule has 6 aliphatic carbocycles. The largest absolute Gasteiger partial charge is 0.459 e. The number of esters is 1. The highest BCUT2D eigenvalue weighted by Crippen LogP contribution is 2.62. The average molecular weight is 1150 g/mol. The summed E-state index contributed by atoms with van der Waals surface area (Å²) in [4.78, 5) is 53.7. The number of carbonyl (C=O) groups excluding carboxylic acids is 3. The van der Waals surface area contributed by atoms with E-state index in [-0.39, 0.29) is 53.6 Å². The summed E-state index contributed by atoms with van der Waals surface area (Å²) in [5, 5.41) is 37.4. The second-order valence-electron chi connectivity index (χ2n) is 28.3. The van der Waals surface area contributed by atoms with Crippen LogP contribution in [0.5, 0.6) is 0 Å². The van der Waals surface area contributed by atoms with Gasteiger partial charge in [0.05, 0.1) is 24.0 Å². The van der Waals surface area contributed by atoms with Crippen molar-refractivity contribution in [3.05, 3.63) is 117 Å². The third kappa shape index (κ3) is 10.4. The quantitative estimate of drug-likeness (QED) is 0.0439. The highest BCUT2D eigenvalue weighted by molar-refractivity contribution is 6.33. The molecule has 452 valence electrons. The van der Waals surface area contributed by atoms with Crippen LogP contribution in [0.25, 0.3) is 0 Å². The molecule has 5 fully saturated rings. The smallest absolute Gasteiger partial charge is 0.350 e. The number of nitrogens with one attached hydrogen (secondary N) is 7. The molecule has 13 rings (SSSR count). The lowest BCUT2D eigenvalue weighted by Gasteiger charge is -2.58. The van der Waals surface area contributed by atoms with Gasteiger partial charge in [-0.25, -0.2) is 4.79 Å². The Morgan fingerprint density at radius 1 is 0.964 bits per heavy atom. The number of fused-ring (bicyclic) bond motifs is 2. The number of dihydropyridines is 2. The molecule has 1 spiro atoms. The van der Waals surface area contributed by atoms with Crippen molar-refractivity contribution in [2.75, 3.05) is 33.7 Å². The van der Waals surface area contributed by atoms with Crippen LogP contribution in [-0.4, -0.2) is 109 Å². The maximum Gasteiger partial charge on any atom is 0.350 e. The molecule has 12 aliphatic rings. The number of ketones is 2. The van der Waals surface area contributed by atoms with Gasteiger partial charge in [-0.15, -0.1) is 0 Å². The number of guanidine groups is 1. The van der Waals surface area contributed by atoms with Gasteiger partial charge in [-0.3, -0.25) is 14.6 Å². The number of nitrogens with zero attached hydrogens (tertiary/aromatic N) is 1. The van der Waals surface area contributed by atoms with Crippen LogP contribution in [0.1, 0.15) is 181 Å². The highest BCUT2D eigenvalue weighted by Gasteiger charge is 2.86. The second-order valence-corrected chi connectivity index (χ2v) is 28.3. The van der Waals surface area contributed by atoms with Gasteiger partial charge in [0.15, 0.2) is 17.3 Å². The van der Waals surface area contributed by atoms with Crippen LogP contribution in [0, 0.1) is 40.9 Å². The minimum Gasteiger partial charge on any atom is -0.459 e. The molecule has 14 unspecified atom stereocenters. The van der Waals surface area contributed by atoms with Crippen LogP contribution >= 0.6 is 0 Å². The highest BCUT2D eigenvalue weighted by atomic mass is 16.7. The van der Waals surface area contributed by atoms with E-state index >= 15 is 14.4 Å². The molecule has 6 heterocycles. The number of aliphatic hydroxyl groups excluding tert-OH is 1. The Labute approximate surface area is 498 Å². The molecule has 0 amide bonds. The number of aliphatic hydroxyl groups is 1. The zero-order chi connectivity index (χ0) is 58.0. The van der Waals surface area contributed by atoms with Crippen LogP contribution < -0.4 is 43.0 Å². The number of nitrogens with two attached hydrogens (primary N) is 1. The minimum absolute atomic E-state index is 0.0203. The van der Waals surface area contributed by atoms with Crippen molar-refractivity contribution >= 4 is 23.5 Å². The zero-order valence-electron chi connectivity index (χ0n) is 50.5. The molecular formula is C69H95N9O6. The van der Waals surface area contributed by atoms with Crippen LogP contribution in [0.4, 0.5) is 0 Å². The molecule has 10 N–H and O–H groups in total. The molecule has 3 saturated carbocycles. The van der Waals surface area contributed by atoms with E-state index in [1.54, 1.807) is 6.07 Å². The molecule has 1 aromatic carbocycles. The van der Waals surface area contributed by atoms with Crippen LogP contribution in [0.3, 0.4) is 0 Å². The molecule has 15 nitrogen and oxygen atoms in total. The Morgan fingerprint density at radius 2 is 1.82 bits per heavy atom. The monoisotopic (exact) mass is 1150 g/mol. The Kier molecular flexibility index (Phi) is 15.9. The van der Waals surface area contributed by atoms with E-state index in [4.69, 9.17) is 15.2 Å². The summed E-state index contributed by atoms with van der Waals surface area (Å²) >= 11 is 0. The number of benzene rings is 1. The normalized spacial score (nSPS) is 39.9. The SMILES string of the molecule is CN=C1NCCCC(CC(C)=CCC23OC24C(=O)OC2C5CC(O)CCC5CC5(NCC6CCCCC6)C=C6C=CCC(CCCCC(C)(CC7=CNC(N)C=C7)Cc7cccc(c7C4=O)C3=O)C6CC25)(C2=CCNC3=C2CCC(NC)N3)N1. The maximum atomic E-state index is 16.5. The summed E-state index contributed by atoms with van der Waals surface area (Å²) in [5.41, 5.74) is 8.32. The first kappa shape index (κ1) is 57.7. The van der Waals surface area contributed by atoms with Gasteiger partial charge >= 0.3 is 5.97 Å². The van der Waals surface area contributed by atoms with Crippen LogP contribution in [-0.2, 0) is 20.7 Å². The molecular weight excluding hydrogens is 1050 g/mol. The summed E-state index contributed by atoms with van der Waals surface area (Å²) in [6.07, 6.45) is 37.3. The van der Waals surface area contributed by atoms with Crippen LogP contribution in [0.15, 0.2) is 106 Å². The second kappa shape index (κ2) is 23.1. The van der Waals surface area contributed by atoms with Crippen molar-refractivity contribution in [2.24, 2.45) is 51.6 Å². The predicted octanol–water partition coefficient (Wildman–Crippen LogP) is 8.65. The van der Waals surface area contributed by atoms with E-state index in [0.717, 1.165) is 125 Å². The average Bonchev–Trinajstić information content (AvgIpc) is 1.51. The summed E-state index contributed by atoms with van der Waals surface area (Å²) in [5.74, 6) is 1.47. The van der Waals surface area contributed by atoms with E-state index in [9.17, 15) is 5.11 Å². The van der Waals surface area contributed by atoms with Gasteiger partial charge in [0.25, 0.3) is 5.60 Å². The molecule has 15 heteroatoms. The van der Waals surface area contributed by atoms with Gasteiger partial charge in [0.1, 0.15) is 11.9 Å². The Hall–Kier alpha value is -5.32. The maximum absolute atomic E-state index is 16.5. The van der Waals surface area contributed by atoms with Crippen molar-refractivity contribution < 1.29 is 29.0 Å². The molecule has 84 heavy (non-hydrogen) atoms. The lowest BCUT2D eigenvalue weighted by molar-refractivity contribution is -0.176. The molecule has 4 bridgehead atoms. The molecule has 0 aromatic heterocycles. The number of epoxide rings is 1. The number of carbonyl (C=O) groups is 3. The number of hydrogen-bond donors (Lipinski definition) is 9. The number of aliphatic imine (C=N–C) groups is 1. The molecule has 6 aliphatic heterocycles. The van der Waals surface area contributed by atoms with E-state index in [0.29, 0.717) is 55.2 Å². The van der Waals surface area contributed by atoms with Gasteiger partial charge < -0.3 is 57.5 Å². The topological polar surface area (TPSA) is 216 Å². The van der Waals surface area contributed by atoms with Gasteiger partial charge in [-0.05, 0) is 193 Å². The fourth-order valence-electron chi connectivity index (χ4n) is 18.5. The fourth-order valence-corrected chi connectivity index (χ4v) is 18.5. The number of hydrogen-bond acceptors (Lipinski definition) is 13. The molecule has 14 atom stereocenters. The standard InChI is InChI=1S/C69H95N9O6/c1-42(35-66(29-12-31-74-64(72-4)78-66)54-27-32-73-62-50(54)23-25-57(71-3)77-62)26-30-68-60(80)51-19-11-18-48-37-65(2,36-44-20-24-56(70)75-40-44)28-9-8-15-45-16-10-17-46-38-67(76-41-43-13-6-5-7-14-43)39-47-21-22-49(79)33-53(47)59(55(67)34-52(45)46)83-63(82)69(68,84-68)61(81)58(48)51/h10-11,17-20,24,26-27,38,40,43,45,47,49,52-53,55-57,59,71,73,75-77,79H,5-9,12-16,21-23,25,28-37,39,41,70H2,1-4H3,(H2,72,74,78).